The molecule has 20 heavy (non-hydrogen) atoms. The van der Waals surface area contributed by atoms with E-state index in [1.807, 2.05) is 0 Å². The minimum atomic E-state index is -0.611. The lowest BCUT2D eigenvalue weighted by Crippen LogP contribution is -2.63. The summed E-state index contributed by atoms with van der Waals surface area (Å²) in [6.07, 6.45) is 4.41. The Hall–Kier alpha value is -0.570. The van der Waals surface area contributed by atoms with E-state index in [0.717, 1.165) is 12.8 Å². The zero-order chi connectivity index (χ0) is 15.1. The average Bonchev–Trinajstić information content (AvgIpc) is 2.33. The molecule has 0 aromatic carbocycles. The van der Waals surface area contributed by atoms with Crippen LogP contribution in [-0.4, -0.2) is 35.1 Å². The molecule has 1 saturated heterocycles. The normalized spacial score (nSPS) is 36.4. The molecule has 3 atom stereocenters. The molecule has 0 amide bonds. The van der Waals surface area contributed by atoms with Crippen molar-refractivity contribution < 1.29 is 9.90 Å². The molecule has 0 bridgehead atoms. The number of hydrogen-bond acceptors (Lipinski definition) is 2. The second-order valence-electron chi connectivity index (χ2n) is 7.76. The Kier molecular flexibility index (Phi) is 4.21. The van der Waals surface area contributed by atoms with Gasteiger partial charge >= 0.3 is 5.97 Å². The molecule has 2 fully saturated rings. The molecule has 0 aromatic heterocycles. The summed E-state index contributed by atoms with van der Waals surface area (Å²) in [7, 11) is 0. The molecular weight excluding hydrogens is 250 g/mol. The molecule has 3 heteroatoms. The second kappa shape index (κ2) is 5.32. The Morgan fingerprint density at radius 2 is 1.75 bits per heavy atom. The highest BCUT2D eigenvalue weighted by Gasteiger charge is 2.51. The summed E-state index contributed by atoms with van der Waals surface area (Å²) < 4.78 is 0. The number of rotatable bonds is 4. The van der Waals surface area contributed by atoms with E-state index >= 15 is 0 Å². The predicted molar refractivity (Wildman–Crippen MR) is 81.7 cm³/mol. The lowest BCUT2D eigenvalue weighted by atomic mass is 9.59. The average molecular weight is 281 g/mol. The molecule has 2 aliphatic rings. The minimum absolute atomic E-state index is 0.106. The predicted octanol–water partition coefficient (Wildman–Crippen LogP) is 3.63. The molecular formula is C17H31NO2. The van der Waals surface area contributed by atoms with Crippen LogP contribution in [0.1, 0.15) is 60.3 Å². The van der Waals surface area contributed by atoms with Crippen LogP contribution >= 0.6 is 0 Å². The van der Waals surface area contributed by atoms with Gasteiger partial charge in [-0.2, -0.15) is 0 Å². The van der Waals surface area contributed by atoms with Crippen LogP contribution in [-0.2, 0) is 4.79 Å². The van der Waals surface area contributed by atoms with Gasteiger partial charge in [0.25, 0.3) is 0 Å². The van der Waals surface area contributed by atoms with Gasteiger partial charge in [0.15, 0.2) is 0 Å². The van der Waals surface area contributed by atoms with Crippen LogP contribution in [0.4, 0.5) is 0 Å². The van der Waals surface area contributed by atoms with Crippen LogP contribution in [0.5, 0.6) is 0 Å². The Morgan fingerprint density at radius 3 is 2.20 bits per heavy atom. The first-order valence-corrected chi connectivity index (χ1v) is 8.24. The Balaban J connectivity index is 2.05. The minimum Gasteiger partial charge on any atom is -0.481 e. The van der Waals surface area contributed by atoms with E-state index in [1.165, 1.54) is 25.9 Å². The van der Waals surface area contributed by atoms with Crippen molar-refractivity contribution in [3.05, 3.63) is 0 Å². The fourth-order valence-electron chi connectivity index (χ4n) is 4.46. The van der Waals surface area contributed by atoms with Gasteiger partial charge in [0.2, 0.25) is 0 Å². The molecule has 0 spiro atoms. The van der Waals surface area contributed by atoms with Crippen molar-refractivity contribution >= 4 is 5.97 Å². The molecule has 1 aliphatic heterocycles. The van der Waals surface area contributed by atoms with E-state index in [-0.39, 0.29) is 11.3 Å². The van der Waals surface area contributed by atoms with Gasteiger partial charge in [-0.1, -0.05) is 34.6 Å². The molecule has 1 saturated carbocycles. The van der Waals surface area contributed by atoms with Crippen molar-refractivity contribution in [2.45, 2.75) is 66.3 Å². The van der Waals surface area contributed by atoms with E-state index < -0.39 is 5.97 Å². The van der Waals surface area contributed by atoms with E-state index in [1.54, 1.807) is 0 Å². The van der Waals surface area contributed by atoms with Crippen LogP contribution in [0.3, 0.4) is 0 Å². The number of likely N-dealkylation sites (tertiary alicyclic amines) is 1. The van der Waals surface area contributed by atoms with Gasteiger partial charge in [-0.25, -0.2) is 0 Å². The number of carboxylic acid groups (broad SMARTS) is 1. The lowest BCUT2D eigenvalue weighted by molar-refractivity contribution is -0.155. The summed E-state index contributed by atoms with van der Waals surface area (Å²) in [5.74, 6) is -0.346. The highest BCUT2D eigenvalue weighted by Crippen LogP contribution is 2.49. The summed E-state index contributed by atoms with van der Waals surface area (Å²) in [5.41, 5.74) is 0.430. The number of nitrogens with zero attached hydrogens (tertiary/aromatic N) is 1. The van der Waals surface area contributed by atoms with Crippen LogP contribution in [0.2, 0.25) is 0 Å². The molecule has 3 nitrogen and oxygen atoms in total. The van der Waals surface area contributed by atoms with Crippen LogP contribution < -0.4 is 0 Å². The number of carboxylic acids is 1. The van der Waals surface area contributed by atoms with E-state index in [2.05, 4.69) is 39.5 Å². The summed E-state index contributed by atoms with van der Waals surface area (Å²) >= 11 is 0. The third-order valence-corrected chi connectivity index (χ3v) is 6.74. The zero-order valence-corrected chi connectivity index (χ0v) is 13.8. The summed E-state index contributed by atoms with van der Waals surface area (Å²) in [4.78, 5) is 14.1. The maximum absolute atomic E-state index is 11.5. The van der Waals surface area contributed by atoms with Crippen molar-refractivity contribution in [3.63, 3.8) is 0 Å². The molecule has 116 valence electrons. The zero-order valence-electron chi connectivity index (χ0n) is 13.8. The lowest BCUT2D eigenvalue weighted by Gasteiger charge is -2.58. The van der Waals surface area contributed by atoms with Crippen LogP contribution in [0, 0.1) is 22.7 Å². The van der Waals surface area contributed by atoms with E-state index in [4.69, 9.17) is 0 Å². The fourth-order valence-corrected chi connectivity index (χ4v) is 4.46. The largest absolute Gasteiger partial charge is 0.481 e. The molecule has 1 heterocycles. The quantitative estimate of drug-likeness (QED) is 0.855. The van der Waals surface area contributed by atoms with Gasteiger partial charge in [-0.15, -0.1) is 0 Å². The van der Waals surface area contributed by atoms with E-state index in [0.29, 0.717) is 17.4 Å². The Bertz CT molecular complexity index is 365. The molecule has 0 radical (unpaired) electrons. The fraction of sp³-hybridized carbons (Fsp3) is 0.941. The van der Waals surface area contributed by atoms with Gasteiger partial charge in [0.1, 0.15) is 0 Å². The first-order valence-electron chi connectivity index (χ1n) is 8.24. The maximum Gasteiger partial charge on any atom is 0.307 e. The summed E-state index contributed by atoms with van der Waals surface area (Å²) in [6.45, 7) is 13.6. The highest BCUT2D eigenvalue weighted by atomic mass is 16.4. The topological polar surface area (TPSA) is 40.5 Å². The first kappa shape index (κ1) is 15.8. The molecule has 1 aliphatic carbocycles. The molecule has 3 unspecified atom stereocenters. The van der Waals surface area contributed by atoms with Crippen LogP contribution in [0.15, 0.2) is 0 Å². The smallest absolute Gasteiger partial charge is 0.307 e. The Morgan fingerprint density at radius 1 is 1.20 bits per heavy atom. The number of aliphatic carboxylic acids is 1. The van der Waals surface area contributed by atoms with Crippen molar-refractivity contribution in [2.75, 3.05) is 13.1 Å². The van der Waals surface area contributed by atoms with Crippen molar-refractivity contribution in [3.8, 4) is 0 Å². The third kappa shape index (κ3) is 2.38. The molecule has 2 rings (SSSR count). The second-order valence-corrected chi connectivity index (χ2v) is 7.76. The SMILES string of the molecule is CCC1(CC)CN(C2CCC(C(=O)O)C(C)(C)C2C)C1. The van der Waals surface area contributed by atoms with Crippen molar-refractivity contribution in [1.82, 2.24) is 4.90 Å². The van der Waals surface area contributed by atoms with Gasteiger partial charge in [0, 0.05) is 19.1 Å². The van der Waals surface area contributed by atoms with Crippen molar-refractivity contribution in [2.24, 2.45) is 22.7 Å². The monoisotopic (exact) mass is 281 g/mol. The van der Waals surface area contributed by atoms with Gasteiger partial charge < -0.3 is 5.11 Å². The summed E-state index contributed by atoms with van der Waals surface area (Å²) in [6, 6.07) is 0.576. The standard InChI is InChI=1S/C17H31NO2/c1-6-17(7-2)10-18(11-17)14-9-8-13(15(19)20)16(4,5)12(14)3/h12-14H,6-11H2,1-5H3,(H,19,20). The maximum atomic E-state index is 11.5. The van der Waals surface area contributed by atoms with Crippen LogP contribution in [0.25, 0.3) is 0 Å². The third-order valence-electron chi connectivity index (χ3n) is 6.74. The summed E-state index contributed by atoms with van der Waals surface area (Å²) in [5, 5.41) is 9.43. The highest BCUT2D eigenvalue weighted by molar-refractivity contribution is 5.71. The van der Waals surface area contributed by atoms with Gasteiger partial charge in [-0.05, 0) is 42.4 Å². The van der Waals surface area contributed by atoms with Crippen molar-refractivity contribution in [1.29, 1.82) is 0 Å². The Labute approximate surface area is 123 Å². The molecule has 0 aromatic rings. The van der Waals surface area contributed by atoms with Gasteiger partial charge in [0.05, 0.1) is 5.92 Å². The number of carbonyl (C=O) groups is 1. The number of hydrogen-bond donors (Lipinski definition) is 1. The van der Waals surface area contributed by atoms with Gasteiger partial charge in [-0.3, -0.25) is 9.69 Å². The first-order chi connectivity index (χ1) is 9.27. The molecule has 1 N–H and O–H groups in total. The van der Waals surface area contributed by atoms with E-state index in [9.17, 15) is 9.90 Å².